The van der Waals surface area contributed by atoms with Crippen LogP contribution in [-0.4, -0.2) is 17.0 Å². The Labute approximate surface area is 163 Å². The van der Waals surface area contributed by atoms with E-state index in [1.54, 1.807) is 24.3 Å². The number of aromatic carboxylic acids is 1. The van der Waals surface area contributed by atoms with Gasteiger partial charge < -0.3 is 14.8 Å². The van der Waals surface area contributed by atoms with E-state index in [1.807, 2.05) is 0 Å². The SMILES string of the molecule is O=C(O)c1ccc(Cl)c(NC(=O)c2ccc(-c3ccc(Cl)c(Cl)c3)o2)c1. The molecule has 1 heterocycles. The first-order chi connectivity index (χ1) is 12.3. The van der Waals surface area contributed by atoms with Crippen molar-refractivity contribution in [2.75, 3.05) is 5.32 Å². The number of carbonyl (C=O) groups excluding carboxylic acids is 1. The molecule has 0 saturated carbocycles. The van der Waals surface area contributed by atoms with E-state index in [-0.39, 0.29) is 22.0 Å². The summed E-state index contributed by atoms with van der Waals surface area (Å²) in [6, 6.07) is 12.1. The first kappa shape index (κ1) is 18.3. The molecule has 0 saturated heterocycles. The monoisotopic (exact) mass is 409 g/mol. The number of benzene rings is 2. The second-order valence-electron chi connectivity index (χ2n) is 5.25. The standard InChI is InChI=1S/C18H10Cl3NO4/c19-11-3-1-9(7-13(11)21)15-5-6-16(26-15)17(23)22-14-8-10(18(24)25)2-4-12(14)20/h1-8H,(H,22,23)(H,24,25). The Morgan fingerprint density at radius 1 is 0.885 bits per heavy atom. The number of carbonyl (C=O) groups is 2. The van der Waals surface area contributed by atoms with Crippen molar-refractivity contribution in [1.29, 1.82) is 0 Å². The quantitative estimate of drug-likeness (QED) is 0.565. The number of halogens is 3. The molecule has 0 radical (unpaired) electrons. The van der Waals surface area contributed by atoms with E-state index >= 15 is 0 Å². The minimum atomic E-state index is -1.13. The lowest BCUT2D eigenvalue weighted by Gasteiger charge is -2.07. The van der Waals surface area contributed by atoms with Gasteiger partial charge in [0.15, 0.2) is 5.76 Å². The molecule has 0 unspecified atom stereocenters. The summed E-state index contributed by atoms with van der Waals surface area (Å²) in [5, 5.41) is 12.5. The Kier molecular flexibility index (Phi) is 5.23. The molecule has 0 bridgehead atoms. The first-order valence-electron chi connectivity index (χ1n) is 7.24. The number of carboxylic acids is 1. The van der Waals surface area contributed by atoms with Gasteiger partial charge in [0.25, 0.3) is 5.91 Å². The molecule has 3 aromatic rings. The van der Waals surface area contributed by atoms with Crippen molar-refractivity contribution in [3.8, 4) is 11.3 Å². The van der Waals surface area contributed by atoms with Gasteiger partial charge in [-0.05, 0) is 48.5 Å². The molecule has 1 aromatic heterocycles. The Balaban J connectivity index is 1.83. The third-order valence-electron chi connectivity index (χ3n) is 3.50. The lowest BCUT2D eigenvalue weighted by atomic mass is 10.2. The van der Waals surface area contributed by atoms with Gasteiger partial charge in [-0.15, -0.1) is 0 Å². The van der Waals surface area contributed by atoms with Gasteiger partial charge in [-0.2, -0.15) is 0 Å². The fourth-order valence-corrected chi connectivity index (χ4v) is 2.67. The molecule has 2 aromatic carbocycles. The number of hydrogen-bond acceptors (Lipinski definition) is 3. The van der Waals surface area contributed by atoms with E-state index in [4.69, 9.17) is 44.3 Å². The van der Waals surface area contributed by atoms with Crippen LogP contribution in [0.2, 0.25) is 15.1 Å². The maximum atomic E-state index is 12.4. The second-order valence-corrected chi connectivity index (χ2v) is 6.47. The van der Waals surface area contributed by atoms with Crippen LogP contribution in [0, 0.1) is 0 Å². The third-order valence-corrected chi connectivity index (χ3v) is 4.56. The highest BCUT2D eigenvalue weighted by Gasteiger charge is 2.16. The van der Waals surface area contributed by atoms with Crippen molar-refractivity contribution < 1.29 is 19.1 Å². The van der Waals surface area contributed by atoms with E-state index in [9.17, 15) is 9.59 Å². The topological polar surface area (TPSA) is 79.5 Å². The molecule has 26 heavy (non-hydrogen) atoms. The second kappa shape index (κ2) is 7.41. The van der Waals surface area contributed by atoms with Gasteiger partial charge in [0.05, 0.1) is 26.3 Å². The normalized spacial score (nSPS) is 10.6. The van der Waals surface area contributed by atoms with Crippen LogP contribution in [0.4, 0.5) is 5.69 Å². The summed E-state index contributed by atoms with van der Waals surface area (Å²) in [6.45, 7) is 0. The molecule has 0 aliphatic heterocycles. The van der Waals surface area contributed by atoms with Crippen molar-refractivity contribution in [1.82, 2.24) is 0 Å². The minimum absolute atomic E-state index is 0.000593. The predicted octanol–water partition coefficient (Wildman–Crippen LogP) is 5.86. The average molecular weight is 411 g/mol. The van der Waals surface area contributed by atoms with Gasteiger partial charge in [-0.25, -0.2) is 4.79 Å². The maximum Gasteiger partial charge on any atom is 0.335 e. The number of rotatable bonds is 4. The zero-order chi connectivity index (χ0) is 18.8. The molecule has 0 fully saturated rings. The van der Waals surface area contributed by atoms with Gasteiger partial charge in [-0.1, -0.05) is 34.8 Å². The molecule has 0 spiro atoms. The van der Waals surface area contributed by atoms with Crippen LogP contribution in [0.5, 0.6) is 0 Å². The van der Waals surface area contributed by atoms with Crippen molar-refractivity contribution in [2.45, 2.75) is 0 Å². The van der Waals surface area contributed by atoms with E-state index in [0.717, 1.165) is 0 Å². The van der Waals surface area contributed by atoms with Crippen LogP contribution in [0.25, 0.3) is 11.3 Å². The Hall–Kier alpha value is -2.47. The lowest BCUT2D eigenvalue weighted by molar-refractivity contribution is 0.0696. The van der Waals surface area contributed by atoms with Gasteiger partial charge >= 0.3 is 5.97 Å². The molecule has 0 aliphatic rings. The number of nitrogens with one attached hydrogen (secondary N) is 1. The van der Waals surface area contributed by atoms with Gasteiger partial charge in [0.2, 0.25) is 0 Å². The van der Waals surface area contributed by atoms with Crippen LogP contribution >= 0.6 is 34.8 Å². The molecule has 3 rings (SSSR count). The summed E-state index contributed by atoms with van der Waals surface area (Å²) < 4.78 is 5.54. The summed E-state index contributed by atoms with van der Waals surface area (Å²) >= 11 is 17.9. The Morgan fingerprint density at radius 3 is 2.31 bits per heavy atom. The van der Waals surface area contributed by atoms with Gasteiger partial charge in [0, 0.05) is 5.56 Å². The largest absolute Gasteiger partial charge is 0.478 e. The molecule has 5 nitrogen and oxygen atoms in total. The summed E-state index contributed by atoms with van der Waals surface area (Å²) in [4.78, 5) is 23.4. The number of carboxylic acid groups (broad SMARTS) is 1. The van der Waals surface area contributed by atoms with Crippen molar-refractivity contribution in [3.05, 3.63) is 74.9 Å². The summed E-state index contributed by atoms with van der Waals surface area (Å²) in [7, 11) is 0. The summed E-state index contributed by atoms with van der Waals surface area (Å²) in [5.74, 6) is -1.24. The van der Waals surface area contributed by atoms with Crippen LogP contribution in [0.1, 0.15) is 20.9 Å². The molecule has 0 aliphatic carbocycles. The molecule has 1 amide bonds. The highest BCUT2D eigenvalue weighted by Crippen LogP contribution is 2.30. The lowest BCUT2D eigenvalue weighted by Crippen LogP contribution is -2.12. The Bertz CT molecular complexity index is 1010. The minimum Gasteiger partial charge on any atom is -0.478 e. The van der Waals surface area contributed by atoms with Gasteiger partial charge in [0.1, 0.15) is 5.76 Å². The van der Waals surface area contributed by atoms with Crippen molar-refractivity contribution in [3.63, 3.8) is 0 Å². The highest BCUT2D eigenvalue weighted by atomic mass is 35.5. The van der Waals surface area contributed by atoms with E-state index in [0.29, 0.717) is 21.4 Å². The summed E-state index contributed by atoms with van der Waals surface area (Å²) in [6.07, 6.45) is 0. The zero-order valence-electron chi connectivity index (χ0n) is 12.9. The molecule has 8 heteroatoms. The number of furan rings is 1. The van der Waals surface area contributed by atoms with Crippen molar-refractivity contribution in [2.24, 2.45) is 0 Å². The molecular formula is C18H10Cl3NO4. The molecule has 2 N–H and O–H groups in total. The van der Waals surface area contributed by atoms with Gasteiger partial charge in [-0.3, -0.25) is 4.79 Å². The maximum absolute atomic E-state index is 12.4. The third kappa shape index (κ3) is 3.85. The summed E-state index contributed by atoms with van der Waals surface area (Å²) in [5.41, 5.74) is 0.828. The highest BCUT2D eigenvalue weighted by molar-refractivity contribution is 6.42. The Morgan fingerprint density at radius 2 is 1.62 bits per heavy atom. The fourth-order valence-electron chi connectivity index (χ4n) is 2.20. The van der Waals surface area contributed by atoms with Crippen LogP contribution in [0.3, 0.4) is 0 Å². The van der Waals surface area contributed by atoms with Crippen LogP contribution in [-0.2, 0) is 0 Å². The van der Waals surface area contributed by atoms with Crippen LogP contribution < -0.4 is 5.32 Å². The first-order valence-corrected chi connectivity index (χ1v) is 8.38. The average Bonchev–Trinajstić information content (AvgIpc) is 3.09. The number of anilines is 1. The van der Waals surface area contributed by atoms with Crippen LogP contribution in [0.15, 0.2) is 52.9 Å². The smallest absolute Gasteiger partial charge is 0.335 e. The predicted molar refractivity (Wildman–Crippen MR) is 101 cm³/mol. The van der Waals surface area contributed by atoms with E-state index in [1.165, 1.54) is 24.3 Å². The number of hydrogen-bond donors (Lipinski definition) is 2. The molecule has 132 valence electrons. The molecule has 0 atom stereocenters. The zero-order valence-corrected chi connectivity index (χ0v) is 15.2. The number of amides is 1. The molecular weight excluding hydrogens is 401 g/mol. The fraction of sp³-hybridized carbons (Fsp3) is 0. The van der Waals surface area contributed by atoms with E-state index < -0.39 is 11.9 Å². The van der Waals surface area contributed by atoms with Crippen molar-refractivity contribution >= 4 is 52.4 Å². The van der Waals surface area contributed by atoms with E-state index in [2.05, 4.69) is 5.32 Å².